The molecule has 3 nitrogen and oxygen atoms in total. The lowest BCUT2D eigenvalue weighted by Gasteiger charge is -2.15. The van der Waals surface area contributed by atoms with Gasteiger partial charge in [0.2, 0.25) is 0 Å². The molecule has 100 valence electrons. The van der Waals surface area contributed by atoms with Crippen LogP contribution >= 0.6 is 15.9 Å². The van der Waals surface area contributed by atoms with E-state index < -0.39 is 0 Å². The maximum Gasteiger partial charge on any atom is 0.124 e. The summed E-state index contributed by atoms with van der Waals surface area (Å²) in [6.07, 6.45) is 1.98. The summed E-state index contributed by atoms with van der Waals surface area (Å²) in [5.74, 6) is 0.926. The number of benzene rings is 1. The molecule has 0 spiro atoms. The van der Waals surface area contributed by atoms with Crippen LogP contribution in [0.2, 0.25) is 0 Å². The molecule has 1 aromatic carbocycles. The SMILES string of the molecule is CC(C)Oc1ccccc1CNc1ccc(Br)nc1. The zero-order valence-electron chi connectivity index (χ0n) is 11.1. The van der Waals surface area contributed by atoms with E-state index in [4.69, 9.17) is 4.74 Å². The first-order valence-electron chi connectivity index (χ1n) is 6.25. The first-order chi connectivity index (χ1) is 9.15. The summed E-state index contributed by atoms with van der Waals surface area (Å²) >= 11 is 3.32. The van der Waals surface area contributed by atoms with Crippen LogP contribution < -0.4 is 10.1 Å². The van der Waals surface area contributed by atoms with Gasteiger partial charge in [-0.25, -0.2) is 4.98 Å². The molecule has 0 aliphatic carbocycles. The van der Waals surface area contributed by atoms with Crippen LogP contribution in [0.25, 0.3) is 0 Å². The van der Waals surface area contributed by atoms with Crippen molar-refractivity contribution in [1.29, 1.82) is 0 Å². The molecular formula is C15H17BrN2O. The molecule has 2 aromatic rings. The van der Waals surface area contributed by atoms with Gasteiger partial charge in [0.25, 0.3) is 0 Å². The molecule has 1 N–H and O–H groups in total. The van der Waals surface area contributed by atoms with Crippen LogP contribution in [0.1, 0.15) is 19.4 Å². The Bertz CT molecular complexity index is 526. The predicted octanol–water partition coefficient (Wildman–Crippen LogP) is 4.24. The Labute approximate surface area is 122 Å². The number of halogens is 1. The molecule has 1 aromatic heterocycles. The van der Waals surface area contributed by atoms with Gasteiger partial charge in [-0.05, 0) is 48.0 Å². The standard InChI is InChI=1S/C15H17BrN2O/c1-11(2)19-14-6-4-3-5-12(14)9-17-13-7-8-15(16)18-10-13/h3-8,10-11,17H,9H2,1-2H3. The average Bonchev–Trinajstić information content (AvgIpc) is 2.39. The Morgan fingerprint density at radius 2 is 2.00 bits per heavy atom. The van der Waals surface area contributed by atoms with Crippen molar-refractivity contribution >= 4 is 21.6 Å². The fourth-order valence-corrected chi connectivity index (χ4v) is 1.93. The van der Waals surface area contributed by atoms with Gasteiger partial charge in [0.05, 0.1) is 18.0 Å². The van der Waals surface area contributed by atoms with E-state index in [1.807, 2.05) is 44.2 Å². The summed E-state index contributed by atoms with van der Waals surface area (Å²) in [5, 5.41) is 3.34. The number of ether oxygens (including phenoxy) is 1. The van der Waals surface area contributed by atoms with Gasteiger partial charge >= 0.3 is 0 Å². The molecule has 0 saturated carbocycles. The number of hydrogen-bond donors (Lipinski definition) is 1. The Morgan fingerprint density at radius 3 is 2.68 bits per heavy atom. The smallest absolute Gasteiger partial charge is 0.124 e. The lowest BCUT2D eigenvalue weighted by Crippen LogP contribution is -2.09. The fourth-order valence-electron chi connectivity index (χ4n) is 1.70. The average molecular weight is 321 g/mol. The lowest BCUT2D eigenvalue weighted by molar-refractivity contribution is 0.240. The van der Waals surface area contributed by atoms with Gasteiger partial charge in [0.1, 0.15) is 10.4 Å². The summed E-state index contributed by atoms with van der Waals surface area (Å²) in [5.41, 5.74) is 2.13. The minimum Gasteiger partial charge on any atom is -0.491 e. The van der Waals surface area contributed by atoms with Crippen molar-refractivity contribution in [3.8, 4) is 5.75 Å². The Hall–Kier alpha value is -1.55. The number of nitrogens with one attached hydrogen (secondary N) is 1. The van der Waals surface area contributed by atoms with Gasteiger partial charge in [-0.2, -0.15) is 0 Å². The molecule has 0 unspecified atom stereocenters. The quantitative estimate of drug-likeness (QED) is 0.836. The van der Waals surface area contributed by atoms with Gasteiger partial charge in [-0.15, -0.1) is 0 Å². The topological polar surface area (TPSA) is 34.1 Å². The normalized spacial score (nSPS) is 10.5. The molecule has 0 bridgehead atoms. The molecule has 19 heavy (non-hydrogen) atoms. The maximum absolute atomic E-state index is 5.79. The Balaban J connectivity index is 2.04. The van der Waals surface area contributed by atoms with Crippen LogP contribution in [0.3, 0.4) is 0 Å². The van der Waals surface area contributed by atoms with Gasteiger partial charge < -0.3 is 10.1 Å². The van der Waals surface area contributed by atoms with E-state index >= 15 is 0 Å². The summed E-state index contributed by atoms with van der Waals surface area (Å²) in [6, 6.07) is 12.0. The van der Waals surface area contributed by atoms with E-state index in [0.29, 0.717) is 6.54 Å². The fraction of sp³-hybridized carbons (Fsp3) is 0.267. The predicted molar refractivity (Wildman–Crippen MR) is 81.5 cm³/mol. The molecule has 2 rings (SSSR count). The van der Waals surface area contributed by atoms with Gasteiger partial charge in [0, 0.05) is 12.1 Å². The number of nitrogens with zero attached hydrogens (tertiary/aromatic N) is 1. The van der Waals surface area contributed by atoms with Crippen molar-refractivity contribution < 1.29 is 4.74 Å². The monoisotopic (exact) mass is 320 g/mol. The second-order valence-corrected chi connectivity index (χ2v) is 5.31. The number of hydrogen-bond acceptors (Lipinski definition) is 3. The highest BCUT2D eigenvalue weighted by atomic mass is 79.9. The molecule has 0 radical (unpaired) electrons. The summed E-state index contributed by atoms with van der Waals surface area (Å²) in [7, 11) is 0. The molecule has 0 aliphatic heterocycles. The zero-order valence-corrected chi connectivity index (χ0v) is 12.6. The number of para-hydroxylation sites is 1. The first-order valence-corrected chi connectivity index (χ1v) is 7.04. The van der Waals surface area contributed by atoms with Crippen LogP contribution in [0.4, 0.5) is 5.69 Å². The van der Waals surface area contributed by atoms with Crippen LogP contribution in [0.5, 0.6) is 5.75 Å². The second kappa shape index (κ2) is 6.57. The third-order valence-electron chi connectivity index (χ3n) is 2.55. The van der Waals surface area contributed by atoms with Crippen molar-refractivity contribution in [3.05, 3.63) is 52.8 Å². The molecule has 4 heteroatoms. The minimum absolute atomic E-state index is 0.176. The number of aromatic nitrogens is 1. The van der Waals surface area contributed by atoms with E-state index in [-0.39, 0.29) is 6.10 Å². The highest BCUT2D eigenvalue weighted by molar-refractivity contribution is 9.10. The molecule has 1 heterocycles. The van der Waals surface area contributed by atoms with Crippen molar-refractivity contribution in [3.63, 3.8) is 0 Å². The van der Waals surface area contributed by atoms with Crippen molar-refractivity contribution in [2.75, 3.05) is 5.32 Å². The molecule has 0 aliphatic rings. The summed E-state index contributed by atoms with van der Waals surface area (Å²) in [4.78, 5) is 4.19. The molecule has 0 saturated heterocycles. The van der Waals surface area contributed by atoms with E-state index in [2.05, 4.69) is 32.3 Å². The minimum atomic E-state index is 0.176. The van der Waals surface area contributed by atoms with Crippen LogP contribution in [-0.4, -0.2) is 11.1 Å². The highest BCUT2D eigenvalue weighted by Crippen LogP contribution is 2.21. The summed E-state index contributed by atoms with van der Waals surface area (Å²) in [6.45, 7) is 4.78. The van der Waals surface area contributed by atoms with E-state index in [1.165, 1.54) is 0 Å². The molecule has 0 atom stereocenters. The van der Waals surface area contributed by atoms with E-state index in [0.717, 1.165) is 21.6 Å². The number of anilines is 1. The van der Waals surface area contributed by atoms with Crippen molar-refractivity contribution in [2.45, 2.75) is 26.5 Å². The van der Waals surface area contributed by atoms with Crippen LogP contribution in [0.15, 0.2) is 47.2 Å². The largest absolute Gasteiger partial charge is 0.491 e. The zero-order chi connectivity index (χ0) is 13.7. The van der Waals surface area contributed by atoms with E-state index in [1.54, 1.807) is 6.20 Å². The maximum atomic E-state index is 5.79. The van der Waals surface area contributed by atoms with Crippen LogP contribution in [-0.2, 0) is 6.54 Å². The summed E-state index contributed by atoms with van der Waals surface area (Å²) < 4.78 is 6.62. The second-order valence-electron chi connectivity index (χ2n) is 4.50. The molecule has 0 fully saturated rings. The third-order valence-corrected chi connectivity index (χ3v) is 3.01. The van der Waals surface area contributed by atoms with Crippen molar-refractivity contribution in [2.24, 2.45) is 0 Å². The molecule has 0 amide bonds. The lowest BCUT2D eigenvalue weighted by atomic mass is 10.2. The van der Waals surface area contributed by atoms with E-state index in [9.17, 15) is 0 Å². The third kappa shape index (κ3) is 4.24. The van der Waals surface area contributed by atoms with Crippen LogP contribution in [0, 0.1) is 0 Å². The van der Waals surface area contributed by atoms with Crippen molar-refractivity contribution in [1.82, 2.24) is 4.98 Å². The first kappa shape index (κ1) is 13.9. The highest BCUT2D eigenvalue weighted by Gasteiger charge is 2.04. The molecular weight excluding hydrogens is 304 g/mol. The Kier molecular flexibility index (Phi) is 4.80. The number of rotatable bonds is 5. The van der Waals surface area contributed by atoms with Gasteiger partial charge in [0.15, 0.2) is 0 Å². The Morgan fingerprint density at radius 1 is 1.21 bits per heavy atom. The van der Waals surface area contributed by atoms with Gasteiger partial charge in [-0.3, -0.25) is 0 Å². The van der Waals surface area contributed by atoms with Gasteiger partial charge in [-0.1, -0.05) is 18.2 Å². The number of pyridine rings is 1.